The number of aromatic amines is 2. The van der Waals surface area contributed by atoms with Crippen molar-refractivity contribution in [2.24, 2.45) is 7.05 Å². The van der Waals surface area contributed by atoms with Gasteiger partial charge in [-0.15, -0.1) is 0 Å². The fraction of sp³-hybridized carbons (Fsp3) is 0.300. The first kappa shape index (κ1) is 18.7. The number of para-hydroxylation sites is 1. The van der Waals surface area contributed by atoms with Gasteiger partial charge in [-0.2, -0.15) is 0 Å². The minimum atomic E-state index is -0.560. The molecule has 9 nitrogen and oxygen atoms in total. The van der Waals surface area contributed by atoms with E-state index >= 15 is 0 Å². The van der Waals surface area contributed by atoms with Crippen molar-refractivity contribution in [2.45, 2.75) is 32.9 Å². The maximum absolute atomic E-state index is 12.5. The molecule has 0 aliphatic rings. The second-order valence-electron chi connectivity index (χ2n) is 7.35. The normalized spacial score (nSPS) is 12.5. The van der Waals surface area contributed by atoms with Gasteiger partial charge >= 0.3 is 5.69 Å². The van der Waals surface area contributed by atoms with Crippen LogP contribution in [0.1, 0.15) is 18.1 Å². The third kappa shape index (κ3) is 3.35. The maximum atomic E-state index is 12.5. The number of H-pyrrole nitrogens is 2. The Morgan fingerprint density at radius 2 is 2.10 bits per heavy atom. The average molecular weight is 394 g/mol. The predicted molar refractivity (Wildman–Crippen MR) is 110 cm³/mol. The number of hydrogen-bond donors (Lipinski definition) is 3. The summed E-state index contributed by atoms with van der Waals surface area (Å²) in [5, 5.41) is 4.12. The molecule has 3 heterocycles. The predicted octanol–water partition coefficient (Wildman–Crippen LogP) is 0.960. The Kier molecular flexibility index (Phi) is 4.57. The molecule has 1 aromatic carbocycles. The lowest BCUT2D eigenvalue weighted by Gasteiger charge is -2.14. The number of benzene rings is 1. The van der Waals surface area contributed by atoms with Crippen LogP contribution in [0.2, 0.25) is 0 Å². The molecule has 3 aromatic heterocycles. The van der Waals surface area contributed by atoms with Crippen molar-refractivity contribution >= 4 is 28.0 Å². The molecule has 0 saturated heterocycles. The van der Waals surface area contributed by atoms with Crippen LogP contribution in [0, 0.1) is 6.92 Å². The minimum Gasteiger partial charge on any atom is -0.361 e. The van der Waals surface area contributed by atoms with Crippen LogP contribution >= 0.6 is 0 Å². The summed E-state index contributed by atoms with van der Waals surface area (Å²) >= 11 is 0. The molecule has 0 aliphatic carbocycles. The second-order valence-corrected chi connectivity index (χ2v) is 7.35. The number of carbonyl (C=O) groups is 1. The van der Waals surface area contributed by atoms with Crippen LogP contribution in [0.3, 0.4) is 0 Å². The molecule has 4 rings (SSSR count). The van der Waals surface area contributed by atoms with Crippen molar-refractivity contribution in [1.82, 2.24) is 29.4 Å². The van der Waals surface area contributed by atoms with Gasteiger partial charge in [-0.3, -0.25) is 19.1 Å². The van der Waals surface area contributed by atoms with E-state index in [9.17, 15) is 14.4 Å². The molecule has 3 N–H and O–H groups in total. The molecule has 1 atom stereocenters. The van der Waals surface area contributed by atoms with Gasteiger partial charge < -0.3 is 14.9 Å². The van der Waals surface area contributed by atoms with Gasteiger partial charge in [0, 0.05) is 30.2 Å². The van der Waals surface area contributed by atoms with Crippen molar-refractivity contribution in [3.05, 3.63) is 62.7 Å². The zero-order chi connectivity index (χ0) is 20.7. The van der Waals surface area contributed by atoms with Crippen LogP contribution in [0.25, 0.3) is 22.1 Å². The lowest BCUT2D eigenvalue weighted by molar-refractivity contribution is -0.122. The summed E-state index contributed by atoms with van der Waals surface area (Å²) in [5.41, 5.74) is 2.76. The van der Waals surface area contributed by atoms with Gasteiger partial charge in [0.25, 0.3) is 5.56 Å². The van der Waals surface area contributed by atoms with E-state index in [1.165, 1.54) is 28.1 Å². The number of imidazole rings is 1. The lowest BCUT2D eigenvalue weighted by atomic mass is 10.0. The Labute approximate surface area is 165 Å². The zero-order valence-electron chi connectivity index (χ0n) is 16.4. The highest BCUT2D eigenvalue weighted by Crippen LogP contribution is 2.22. The van der Waals surface area contributed by atoms with Crippen molar-refractivity contribution in [3.8, 4) is 0 Å². The fourth-order valence-electron chi connectivity index (χ4n) is 3.69. The molecule has 29 heavy (non-hydrogen) atoms. The summed E-state index contributed by atoms with van der Waals surface area (Å²) in [6.45, 7) is 3.94. The highest BCUT2D eigenvalue weighted by molar-refractivity contribution is 5.86. The molecule has 9 heteroatoms. The second kappa shape index (κ2) is 7.08. The van der Waals surface area contributed by atoms with E-state index in [2.05, 4.69) is 39.3 Å². The fourth-order valence-corrected chi connectivity index (χ4v) is 3.69. The van der Waals surface area contributed by atoms with Crippen LogP contribution in [0.4, 0.5) is 0 Å². The molecule has 0 fully saturated rings. The van der Waals surface area contributed by atoms with Crippen LogP contribution in [-0.4, -0.2) is 36.0 Å². The summed E-state index contributed by atoms with van der Waals surface area (Å²) in [4.78, 5) is 46.0. The van der Waals surface area contributed by atoms with E-state index in [0.717, 1.165) is 16.5 Å². The average Bonchev–Trinajstić information content (AvgIpc) is 3.25. The number of carbonyl (C=O) groups excluding carboxylic acids is 1. The van der Waals surface area contributed by atoms with E-state index < -0.39 is 11.2 Å². The Morgan fingerprint density at radius 1 is 1.31 bits per heavy atom. The van der Waals surface area contributed by atoms with Gasteiger partial charge in [0.15, 0.2) is 11.2 Å². The van der Waals surface area contributed by atoms with E-state index in [1.807, 2.05) is 19.2 Å². The summed E-state index contributed by atoms with van der Waals surface area (Å²) in [6.07, 6.45) is 4.05. The topological polar surface area (TPSA) is 118 Å². The number of nitrogens with one attached hydrogen (secondary N) is 3. The summed E-state index contributed by atoms with van der Waals surface area (Å²) in [7, 11) is 1.52. The summed E-state index contributed by atoms with van der Waals surface area (Å²) in [6, 6.07) is 6.05. The number of rotatable bonds is 5. The van der Waals surface area contributed by atoms with E-state index in [4.69, 9.17) is 0 Å². The third-order valence-corrected chi connectivity index (χ3v) is 5.13. The Hall–Kier alpha value is -3.62. The first-order valence-electron chi connectivity index (χ1n) is 9.34. The van der Waals surface area contributed by atoms with Crippen LogP contribution < -0.4 is 16.6 Å². The van der Waals surface area contributed by atoms with Gasteiger partial charge in [-0.05, 0) is 31.4 Å². The molecular weight excluding hydrogens is 372 g/mol. The molecule has 0 saturated carbocycles. The Morgan fingerprint density at radius 3 is 2.90 bits per heavy atom. The van der Waals surface area contributed by atoms with Gasteiger partial charge in [-0.1, -0.05) is 18.2 Å². The van der Waals surface area contributed by atoms with Crippen LogP contribution in [0.5, 0.6) is 0 Å². The molecule has 0 aliphatic heterocycles. The standard InChI is InChI=1S/C20H22N6O3/c1-11-5-4-6-14-13(8-21-16(11)14)7-12(2)23-15(27)9-26-10-22-18-17(26)19(28)24-20(29)25(18)3/h4-6,8,10,12,21H,7,9H2,1-3H3,(H,23,27)(H,24,28,29)/t12-/m0/s1. The van der Waals surface area contributed by atoms with Crippen molar-refractivity contribution in [3.63, 3.8) is 0 Å². The van der Waals surface area contributed by atoms with Gasteiger partial charge in [0.05, 0.1) is 6.33 Å². The number of amides is 1. The number of nitrogens with zero attached hydrogens (tertiary/aromatic N) is 3. The highest BCUT2D eigenvalue weighted by atomic mass is 16.2. The largest absolute Gasteiger partial charge is 0.361 e. The van der Waals surface area contributed by atoms with Crippen molar-refractivity contribution in [1.29, 1.82) is 0 Å². The zero-order valence-corrected chi connectivity index (χ0v) is 16.4. The number of fused-ring (bicyclic) bond motifs is 2. The van der Waals surface area contributed by atoms with Crippen LogP contribution in [-0.2, 0) is 24.8 Å². The van der Waals surface area contributed by atoms with E-state index in [1.54, 1.807) is 0 Å². The molecule has 150 valence electrons. The summed E-state index contributed by atoms with van der Waals surface area (Å²) < 4.78 is 2.69. The first-order chi connectivity index (χ1) is 13.8. The van der Waals surface area contributed by atoms with Crippen molar-refractivity contribution in [2.75, 3.05) is 0 Å². The molecule has 1 amide bonds. The quantitative estimate of drug-likeness (QED) is 0.467. The molecule has 0 bridgehead atoms. The highest BCUT2D eigenvalue weighted by Gasteiger charge is 2.16. The number of hydrogen-bond acceptors (Lipinski definition) is 4. The summed E-state index contributed by atoms with van der Waals surface area (Å²) in [5.74, 6) is -0.235. The Balaban J connectivity index is 1.49. The molecule has 0 radical (unpaired) electrons. The minimum absolute atomic E-state index is 0.0604. The van der Waals surface area contributed by atoms with Gasteiger partial charge in [0.2, 0.25) is 5.91 Å². The number of aryl methyl sites for hydroxylation is 2. The monoisotopic (exact) mass is 394 g/mol. The smallest absolute Gasteiger partial charge is 0.329 e. The molecule has 0 spiro atoms. The van der Waals surface area contributed by atoms with Gasteiger partial charge in [-0.25, -0.2) is 9.78 Å². The SMILES string of the molecule is Cc1cccc2c(C[C@H](C)NC(=O)Cn3cnc4c3c(=O)[nH]c(=O)n4C)c[nH]c12. The Bertz CT molecular complexity index is 1340. The number of aromatic nitrogens is 5. The van der Waals surface area contributed by atoms with Crippen LogP contribution in [0.15, 0.2) is 40.3 Å². The van der Waals surface area contributed by atoms with E-state index in [-0.39, 0.29) is 29.7 Å². The molecule has 4 aromatic rings. The molecule has 0 unspecified atom stereocenters. The van der Waals surface area contributed by atoms with Gasteiger partial charge in [0.1, 0.15) is 6.54 Å². The molecular formula is C20H22N6O3. The maximum Gasteiger partial charge on any atom is 0.329 e. The lowest BCUT2D eigenvalue weighted by Crippen LogP contribution is -2.37. The van der Waals surface area contributed by atoms with E-state index in [0.29, 0.717) is 6.42 Å². The third-order valence-electron chi connectivity index (χ3n) is 5.13. The first-order valence-corrected chi connectivity index (χ1v) is 9.34. The van der Waals surface area contributed by atoms with Crippen molar-refractivity contribution < 1.29 is 4.79 Å².